The Morgan fingerprint density at radius 3 is 2.69 bits per heavy atom. The molecule has 0 saturated heterocycles. The Morgan fingerprint density at radius 2 is 1.97 bits per heavy atom. The second kappa shape index (κ2) is 9.02. The Balaban J connectivity index is 1.60. The van der Waals surface area contributed by atoms with E-state index in [1.54, 1.807) is 18.2 Å². The highest BCUT2D eigenvalue weighted by molar-refractivity contribution is 7.92. The molecular formula is C21H20F3N7O3S. The van der Waals surface area contributed by atoms with E-state index in [0.717, 1.165) is 10.6 Å². The van der Waals surface area contributed by atoms with Gasteiger partial charge in [-0.1, -0.05) is 6.07 Å². The van der Waals surface area contributed by atoms with Gasteiger partial charge in [-0.2, -0.15) is 18.2 Å². The number of alkyl halides is 3. The van der Waals surface area contributed by atoms with Gasteiger partial charge in [0, 0.05) is 42.9 Å². The second-order valence-electron chi connectivity index (χ2n) is 7.74. The lowest BCUT2D eigenvalue weighted by molar-refractivity contribution is -0.137. The fourth-order valence-electron chi connectivity index (χ4n) is 3.37. The number of hydrogen-bond acceptors (Lipinski definition) is 8. The first-order valence-corrected chi connectivity index (χ1v) is 12.0. The molecule has 0 fully saturated rings. The Kier molecular flexibility index (Phi) is 6.23. The van der Waals surface area contributed by atoms with Crippen LogP contribution >= 0.6 is 0 Å². The minimum atomic E-state index is -4.72. The third kappa shape index (κ3) is 5.42. The summed E-state index contributed by atoms with van der Waals surface area (Å²) in [6, 6.07) is 8.06. The van der Waals surface area contributed by atoms with Gasteiger partial charge >= 0.3 is 6.18 Å². The largest absolute Gasteiger partial charge is 0.421 e. The number of rotatable bonds is 7. The molecule has 0 radical (unpaired) electrons. The van der Waals surface area contributed by atoms with Crippen LogP contribution in [0.1, 0.15) is 16.7 Å². The molecule has 1 aliphatic heterocycles. The topological polar surface area (TPSA) is 129 Å². The van der Waals surface area contributed by atoms with Crippen molar-refractivity contribution in [2.45, 2.75) is 19.1 Å². The average molecular weight is 507 g/mol. The van der Waals surface area contributed by atoms with Gasteiger partial charge in [-0.15, -0.1) is 0 Å². The Labute approximate surface area is 198 Å². The zero-order chi connectivity index (χ0) is 25.4. The van der Waals surface area contributed by atoms with E-state index in [2.05, 4.69) is 30.9 Å². The Hall–Kier alpha value is -3.94. The van der Waals surface area contributed by atoms with Crippen LogP contribution in [0.4, 0.5) is 42.1 Å². The van der Waals surface area contributed by atoms with E-state index in [9.17, 15) is 26.4 Å². The molecule has 1 aliphatic rings. The zero-order valence-electron chi connectivity index (χ0n) is 18.5. The van der Waals surface area contributed by atoms with Gasteiger partial charge in [0.15, 0.2) is 0 Å². The molecule has 0 saturated carbocycles. The number of amides is 1. The lowest BCUT2D eigenvalue weighted by atomic mass is 10.1. The van der Waals surface area contributed by atoms with Crippen molar-refractivity contribution in [1.29, 1.82) is 0 Å². The number of halogens is 3. The maximum atomic E-state index is 13.6. The summed E-state index contributed by atoms with van der Waals surface area (Å²) in [5.74, 6) is -0.635. The molecule has 184 valence electrons. The molecule has 35 heavy (non-hydrogen) atoms. The second-order valence-corrected chi connectivity index (χ2v) is 9.76. The molecule has 1 amide bonds. The number of carbonyl (C=O) groups excluding carboxylic acids is 1. The van der Waals surface area contributed by atoms with Crippen molar-refractivity contribution in [1.82, 2.24) is 15.0 Å². The van der Waals surface area contributed by atoms with E-state index in [1.807, 2.05) is 0 Å². The van der Waals surface area contributed by atoms with Crippen molar-refractivity contribution in [2.75, 3.05) is 33.6 Å². The number of fused-ring (bicyclic) bond motifs is 1. The van der Waals surface area contributed by atoms with E-state index >= 15 is 0 Å². The quantitative estimate of drug-likeness (QED) is 0.445. The van der Waals surface area contributed by atoms with Crippen LogP contribution in [0, 0.1) is 0 Å². The predicted molar refractivity (Wildman–Crippen MR) is 124 cm³/mol. The highest BCUT2D eigenvalue weighted by atomic mass is 32.2. The lowest BCUT2D eigenvalue weighted by Gasteiger charge is -2.17. The summed E-state index contributed by atoms with van der Waals surface area (Å²) in [4.78, 5) is 23.5. The molecule has 0 unspecified atom stereocenters. The fraction of sp³-hybridized carbons (Fsp3) is 0.238. The van der Waals surface area contributed by atoms with Gasteiger partial charge < -0.3 is 16.0 Å². The third-order valence-corrected chi connectivity index (χ3v) is 6.40. The maximum absolute atomic E-state index is 13.6. The summed E-state index contributed by atoms with van der Waals surface area (Å²) in [7, 11) is -2.24. The van der Waals surface area contributed by atoms with Crippen LogP contribution in [-0.4, -0.2) is 42.6 Å². The third-order valence-electron chi connectivity index (χ3n) is 5.22. The van der Waals surface area contributed by atoms with Gasteiger partial charge in [-0.05, 0) is 29.8 Å². The predicted octanol–water partition coefficient (Wildman–Crippen LogP) is 3.14. The molecule has 1 aromatic carbocycles. The number of nitrogens with zero attached hydrogens (tertiary/aromatic N) is 4. The number of benzene rings is 1. The van der Waals surface area contributed by atoms with Crippen molar-refractivity contribution in [2.24, 2.45) is 0 Å². The van der Waals surface area contributed by atoms with Crippen LogP contribution in [-0.2, 0) is 34.0 Å². The van der Waals surface area contributed by atoms with Crippen LogP contribution in [0.2, 0.25) is 0 Å². The Morgan fingerprint density at radius 1 is 1.20 bits per heavy atom. The molecule has 0 atom stereocenters. The summed E-state index contributed by atoms with van der Waals surface area (Å²) in [6.45, 7) is -0.0915. The summed E-state index contributed by atoms with van der Waals surface area (Å²) < 4.78 is 65.2. The van der Waals surface area contributed by atoms with Crippen LogP contribution in [0.5, 0.6) is 0 Å². The Bertz CT molecular complexity index is 1400. The molecule has 3 N–H and O–H groups in total. The van der Waals surface area contributed by atoms with Crippen molar-refractivity contribution < 1.29 is 26.4 Å². The van der Waals surface area contributed by atoms with Gasteiger partial charge in [0.1, 0.15) is 17.2 Å². The molecule has 10 nitrogen and oxygen atoms in total. The molecule has 0 aliphatic carbocycles. The van der Waals surface area contributed by atoms with Gasteiger partial charge in [-0.25, -0.2) is 18.4 Å². The molecule has 3 aromatic rings. The van der Waals surface area contributed by atoms with Gasteiger partial charge in [0.05, 0.1) is 12.7 Å². The van der Waals surface area contributed by atoms with Crippen LogP contribution in [0.25, 0.3) is 0 Å². The fourth-order valence-corrected chi connectivity index (χ4v) is 3.81. The highest BCUT2D eigenvalue weighted by Crippen LogP contribution is 2.35. The van der Waals surface area contributed by atoms with E-state index in [4.69, 9.17) is 0 Å². The van der Waals surface area contributed by atoms with Crippen molar-refractivity contribution in [3.8, 4) is 0 Å². The lowest BCUT2D eigenvalue weighted by Crippen LogP contribution is -2.25. The molecular weight excluding hydrogens is 487 g/mol. The average Bonchev–Trinajstić information content (AvgIpc) is 3.17. The highest BCUT2D eigenvalue weighted by Gasteiger charge is 2.35. The van der Waals surface area contributed by atoms with Crippen LogP contribution in [0.3, 0.4) is 0 Å². The first-order chi connectivity index (χ1) is 16.4. The summed E-state index contributed by atoms with van der Waals surface area (Å²) in [6.07, 6.45) is -1.56. The standard InChI is InChI=1S/C21H20F3N7O3S/c1-31(35(2,33)34)17-8-12(6-7-25-17)10-26-19-14(21(22,23)24)11-27-20(30-19)29-16-5-3-4-15-13(16)9-18(32)28-15/h3-8,11H,9-10H2,1-2H3,(H,28,32)(H2,26,27,29,30). The van der Waals surface area contributed by atoms with E-state index < -0.39 is 27.6 Å². The van der Waals surface area contributed by atoms with Crippen molar-refractivity contribution in [3.63, 3.8) is 0 Å². The number of nitrogens with one attached hydrogen (secondary N) is 3. The van der Waals surface area contributed by atoms with Gasteiger partial charge in [0.25, 0.3) is 0 Å². The van der Waals surface area contributed by atoms with Crippen molar-refractivity contribution >= 4 is 44.9 Å². The number of aromatic nitrogens is 3. The SMILES string of the molecule is CN(c1cc(CNc2nc(Nc3cccc4c3CC(=O)N4)ncc2C(F)(F)F)ccn1)S(C)(=O)=O. The van der Waals surface area contributed by atoms with E-state index in [1.165, 1.54) is 25.4 Å². The number of pyridine rings is 1. The number of sulfonamides is 1. The first kappa shape index (κ1) is 24.2. The minimum Gasteiger partial charge on any atom is -0.365 e. The first-order valence-electron chi connectivity index (χ1n) is 10.2. The van der Waals surface area contributed by atoms with Gasteiger partial charge in [0.2, 0.25) is 21.9 Å². The van der Waals surface area contributed by atoms with Gasteiger partial charge in [-0.3, -0.25) is 9.10 Å². The van der Waals surface area contributed by atoms with E-state index in [0.29, 0.717) is 28.7 Å². The number of anilines is 5. The number of hydrogen-bond donors (Lipinski definition) is 3. The molecule has 0 bridgehead atoms. The van der Waals surface area contributed by atoms with Crippen molar-refractivity contribution in [3.05, 3.63) is 59.4 Å². The molecule has 2 aromatic heterocycles. The molecule has 3 heterocycles. The summed E-state index contributed by atoms with van der Waals surface area (Å²) in [5.41, 5.74) is 1.18. The van der Waals surface area contributed by atoms with E-state index in [-0.39, 0.29) is 30.6 Å². The summed E-state index contributed by atoms with van der Waals surface area (Å²) in [5, 5.41) is 8.23. The van der Waals surface area contributed by atoms with Crippen LogP contribution < -0.4 is 20.3 Å². The zero-order valence-corrected chi connectivity index (χ0v) is 19.3. The summed E-state index contributed by atoms with van der Waals surface area (Å²) >= 11 is 0. The monoisotopic (exact) mass is 507 g/mol. The minimum absolute atomic E-state index is 0.0915. The smallest absolute Gasteiger partial charge is 0.365 e. The molecule has 0 spiro atoms. The van der Waals surface area contributed by atoms with Crippen LogP contribution in [0.15, 0.2) is 42.7 Å². The molecule has 4 rings (SSSR count). The normalized spacial score (nSPS) is 13.2. The molecule has 14 heteroatoms. The maximum Gasteiger partial charge on any atom is 0.421 e. The number of carbonyl (C=O) groups is 1.